The molecule has 1 amide bonds. The van der Waals surface area contributed by atoms with Gasteiger partial charge in [0.15, 0.2) is 0 Å². The summed E-state index contributed by atoms with van der Waals surface area (Å²) in [6.45, 7) is 2.90. The van der Waals surface area contributed by atoms with Crippen LogP contribution in [0.5, 0.6) is 0 Å². The van der Waals surface area contributed by atoms with E-state index >= 15 is 0 Å². The third kappa shape index (κ3) is 5.94. The molecular formula is C26H26N2O6S. The van der Waals surface area contributed by atoms with E-state index in [1.54, 1.807) is 55.5 Å². The Morgan fingerprint density at radius 1 is 0.943 bits per heavy atom. The molecule has 35 heavy (non-hydrogen) atoms. The second kappa shape index (κ2) is 10.8. The zero-order valence-electron chi connectivity index (χ0n) is 19.3. The molecule has 0 atom stereocenters. The number of esters is 1. The molecule has 1 aliphatic rings. The van der Waals surface area contributed by atoms with Crippen LogP contribution in [0.25, 0.3) is 0 Å². The maximum absolute atomic E-state index is 13.1. The van der Waals surface area contributed by atoms with Crippen molar-refractivity contribution in [3.63, 3.8) is 0 Å². The van der Waals surface area contributed by atoms with Gasteiger partial charge in [-0.25, -0.2) is 13.2 Å². The van der Waals surface area contributed by atoms with Crippen LogP contribution < -0.4 is 5.32 Å². The first kappa shape index (κ1) is 24.6. The normalized spacial score (nSPS) is 14.3. The van der Waals surface area contributed by atoms with E-state index < -0.39 is 16.0 Å². The van der Waals surface area contributed by atoms with E-state index in [1.165, 1.54) is 10.4 Å². The summed E-state index contributed by atoms with van der Waals surface area (Å²) >= 11 is 0. The van der Waals surface area contributed by atoms with Crippen LogP contribution in [-0.4, -0.2) is 50.9 Å². The van der Waals surface area contributed by atoms with Gasteiger partial charge in [0, 0.05) is 24.3 Å². The Bertz CT molecular complexity index is 1300. The van der Waals surface area contributed by atoms with Crippen LogP contribution in [0.1, 0.15) is 31.8 Å². The molecule has 0 spiro atoms. The molecule has 9 heteroatoms. The molecule has 0 aliphatic carbocycles. The molecule has 0 bridgehead atoms. The molecule has 1 saturated heterocycles. The zero-order valence-corrected chi connectivity index (χ0v) is 20.1. The number of nitrogens with one attached hydrogen (secondary N) is 1. The monoisotopic (exact) mass is 494 g/mol. The molecule has 182 valence electrons. The summed E-state index contributed by atoms with van der Waals surface area (Å²) in [5, 5.41) is 2.81. The van der Waals surface area contributed by atoms with Crippen molar-refractivity contribution in [1.29, 1.82) is 0 Å². The van der Waals surface area contributed by atoms with E-state index in [-0.39, 0.29) is 36.1 Å². The number of hydrogen-bond acceptors (Lipinski definition) is 6. The maximum atomic E-state index is 13.1. The van der Waals surface area contributed by atoms with Gasteiger partial charge in [0.1, 0.15) is 6.61 Å². The van der Waals surface area contributed by atoms with Crippen LogP contribution in [0.2, 0.25) is 0 Å². The average Bonchev–Trinajstić information content (AvgIpc) is 2.89. The number of nitrogens with zero attached hydrogens (tertiary/aromatic N) is 1. The highest BCUT2D eigenvalue weighted by molar-refractivity contribution is 7.89. The van der Waals surface area contributed by atoms with Gasteiger partial charge in [-0.15, -0.1) is 0 Å². The Morgan fingerprint density at radius 3 is 2.29 bits per heavy atom. The molecule has 0 aromatic heterocycles. The highest BCUT2D eigenvalue weighted by Gasteiger charge is 2.28. The van der Waals surface area contributed by atoms with Gasteiger partial charge in [-0.3, -0.25) is 4.79 Å². The van der Waals surface area contributed by atoms with Crippen molar-refractivity contribution in [3.8, 4) is 0 Å². The smallest absolute Gasteiger partial charge is 0.338 e. The average molecular weight is 495 g/mol. The summed E-state index contributed by atoms with van der Waals surface area (Å²) in [4.78, 5) is 25.1. The van der Waals surface area contributed by atoms with Crippen LogP contribution in [-0.2, 0) is 26.1 Å². The second-order valence-electron chi connectivity index (χ2n) is 8.09. The topological polar surface area (TPSA) is 102 Å². The van der Waals surface area contributed by atoms with E-state index in [0.717, 1.165) is 0 Å². The highest BCUT2D eigenvalue weighted by atomic mass is 32.2. The molecule has 1 N–H and O–H groups in total. The number of morpholine rings is 1. The Hall–Kier alpha value is -3.53. The van der Waals surface area contributed by atoms with Crippen molar-refractivity contribution >= 4 is 27.6 Å². The third-order valence-electron chi connectivity index (χ3n) is 5.63. The Morgan fingerprint density at radius 2 is 1.60 bits per heavy atom. The number of ether oxygens (including phenoxy) is 2. The van der Waals surface area contributed by atoms with E-state index in [9.17, 15) is 18.0 Å². The van der Waals surface area contributed by atoms with Gasteiger partial charge in [-0.2, -0.15) is 4.31 Å². The Kier molecular flexibility index (Phi) is 7.60. The minimum atomic E-state index is -3.74. The molecule has 4 rings (SSSR count). The standard InChI is InChI=1S/C26H26N2O6S/c1-19-7-10-22(17-24(19)35(31,32)28-13-15-33-16-14-28)26(30)34-18-20-8-11-21(12-9-20)25(29)27-23-5-3-2-4-6-23/h2-12,17H,13-16,18H2,1H3,(H,27,29). The van der Waals surface area contributed by atoms with E-state index in [1.807, 2.05) is 18.2 Å². The molecule has 1 fully saturated rings. The van der Waals surface area contributed by atoms with Gasteiger partial charge in [0.25, 0.3) is 5.91 Å². The molecular weight excluding hydrogens is 468 g/mol. The largest absolute Gasteiger partial charge is 0.457 e. The van der Waals surface area contributed by atoms with Gasteiger partial charge >= 0.3 is 5.97 Å². The minimum Gasteiger partial charge on any atom is -0.457 e. The lowest BCUT2D eigenvalue weighted by molar-refractivity contribution is 0.0472. The lowest BCUT2D eigenvalue weighted by Gasteiger charge is -2.26. The van der Waals surface area contributed by atoms with Gasteiger partial charge in [-0.05, 0) is 54.4 Å². The first-order valence-electron chi connectivity index (χ1n) is 11.2. The lowest BCUT2D eigenvalue weighted by Crippen LogP contribution is -2.40. The van der Waals surface area contributed by atoms with Crippen molar-refractivity contribution < 1.29 is 27.5 Å². The number of benzene rings is 3. The number of amides is 1. The molecule has 1 aliphatic heterocycles. The summed E-state index contributed by atoms with van der Waals surface area (Å²) in [7, 11) is -3.74. The highest BCUT2D eigenvalue weighted by Crippen LogP contribution is 2.23. The van der Waals surface area contributed by atoms with Crippen molar-refractivity contribution in [1.82, 2.24) is 4.31 Å². The quantitative estimate of drug-likeness (QED) is 0.504. The summed E-state index contributed by atoms with van der Waals surface area (Å²) in [5.41, 5.74) is 2.57. The second-order valence-corrected chi connectivity index (χ2v) is 10.00. The van der Waals surface area contributed by atoms with Crippen LogP contribution in [0.15, 0.2) is 77.7 Å². The maximum Gasteiger partial charge on any atom is 0.338 e. The number of anilines is 1. The predicted octanol–water partition coefficient (Wildman–Crippen LogP) is 3.63. The summed E-state index contributed by atoms with van der Waals surface area (Å²) in [6.07, 6.45) is 0. The number of hydrogen-bond donors (Lipinski definition) is 1. The predicted molar refractivity (Wildman–Crippen MR) is 131 cm³/mol. The lowest BCUT2D eigenvalue weighted by atomic mass is 10.1. The fraction of sp³-hybridized carbons (Fsp3) is 0.231. The van der Waals surface area contributed by atoms with Gasteiger partial charge in [-0.1, -0.05) is 36.4 Å². The molecule has 0 radical (unpaired) electrons. The molecule has 0 saturated carbocycles. The first-order chi connectivity index (χ1) is 16.8. The Labute approximate surface area is 204 Å². The minimum absolute atomic E-state index is 0.0150. The number of para-hydroxylation sites is 1. The van der Waals surface area contributed by atoms with Crippen LogP contribution in [0.3, 0.4) is 0 Å². The van der Waals surface area contributed by atoms with Crippen molar-refractivity contribution in [2.24, 2.45) is 0 Å². The van der Waals surface area contributed by atoms with E-state index in [4.69, 9.17) is 9.47 Å². The Balaban J connectivity index is 1.39. The summed E-state index contributed by atoms with van der Waals surface area (Å²) in [6, 6.07) is 20.4. The van der Waals surface area contributed by atoms with Gasteiger partial charge in [0.05, 0.1) is 23.7 Å². The first-order valence-corrected chi connectivity index (χ1v) is 12.6. The third-order valence-corrected chi connectivity index (χ3v) is 7.67. The van der Waals surface area contributed by atoms with Crippen LogP contribution >= 0.6 is 0 Å². The summed E-state index contributed by atoms with van der Waals surface area (Å²) < 4.78 is 38.1. The molecule has 0 unspecified atom stereocenters. The fourth-order valence-electron chi connectivity index (χ4n) is 3.64. The number of sulfonamides is 1. The molecule has 8 nitrogen and oxygen atoms in total. The zero-order chi connectivity index (χ0) is 24.8. The summed E-state index contributed by atoms with van der Waals surface area (Å²) in [5.74, 6) is -0.872. The van der Waals surface area contributed by atoms with Crippen molar-refractivity contribution in [3.05, 3.63) is 95.1 Å². The van der Waals surface area contributed by atoms with Crippen LogP contribution in [0, 0.1) is 6.92 Å². The SMILES string of the molecule is Cc1ccc(C(=O)OCc2ccc(C(=O)Nc3ccccc3)cc2)cc1S(=O)(=O)N1CCOCC1. The number of carbonyl (C=O) groups excluding carboxylic acids is 2. The molecule has 3 aromatic rings. The van der Waals surface area contributed by atoms with Gasteiger partial charge < -0.3 is 14.8 Å². The van der Waals surface area contributed by atoms with Crippen LogP contribution in [0.4, 0.5) is 5.69 Å². The molecule has 3 aromatic carbocycles. The number of aryl methyl sites for hydroxylation is 1. The van der Waals surface area contributed by atoms with Crippen molar-refractivity contribution in [2.75, 3.05) is 31.6 Å². The number of rotatable bonds is 7. The fourth-order valence-corrected chi connectivity index (χ4v) is 5.30. The van der Waals surface area contributed by atoms with E-state index in [0.29, 0.717) is 35.6 Å². The van der Waals surface area contributed by atoms with Crippen molar-refractivity contribution in [2.45, 2.75) is 18.4 Å². The van der Waals surface area contributed by atoms with E-state index in [2.05, 4.69) is 5.32 Å². The molecule has 1 heterocycles. The van der Waals surface area contributed by atoms with Gasteiger partial charge in [0.2, 0.25) is 10.0 Å². The number of carbonyl (C=O) groups is 2.